The molecule has 0 spiro atoms. The van der Waals surface area contributed by atoms with Crippen LogP contribution in [0.4, 0.5) is 0 Å². The highest BCUT2D eigenvalue weighted by atomic mass is 16.5. The van der Waals surface area contributed by atoms with Crippen LogP contribution in [0.3, 0.4) is 0 Å². The molecule has 4 heteroatoms. The van der Waals surface area contributed by atoms with E-state index in [0.717, 1.165) is 28.1 Å². The molecule has 0 aliphatic carbocycles. The third-order valence-corrected chi connectivity index (χ3v) is 3.04. The van der Waals surface area contributed by atoms with Gasteiger partial charge in [0, 0.05) is 12.6 Å². The molecule has 0 fully saturated rings. The van der Waals surface area contributed by atoms with Crippen molar-refractivity contribution in [2.75, 3.05) is 7.11 Å². The summed E-state index contributed by atoms with van der Waals surface area (Å²) in [5, 5.41) is 9.17. The molecule has 0 bridgehead atoms. The van der Waals surface area contributed by atoms with Crippen molar-refractivity contribution in [2.24, 2.45) is 7.05 Å². The molecular weight excluding hydrogens is 226 g/mol. The average molecular weight is 241 g/mol. The lowest BCUT2D eigenvalue weighted by molar-refractivity contribution is 0.411. The van der Waals surface area contributed by atoms with Crippen LogP contribution in [0.2, 0.25) is 0 Å². The van der Waals surface area contributed by atoms with Gasteiger partial charge < -0.3 is 9.30 Å². The molecule has 0 aliphatic rings. The molecule has 0 amide bonds. The number of methoxy groups -OCH3 is 1. The molecule has 0 saturated heterocycles. The summed E-state index contributed by atoms with van der Waals surface area (Å²) in [6.07, 6.45) is 1.66. The van der Waals surface area contributed by atoms with E-state index >= 15 is 0 Å². The molecule has 0 radical (unpaired) electrons. The van der Waals surface area contributed by atoms with Crippen molar-refractivity contribution in [2.45, 2.75) is 13.8 Å². The summed E-state index contributed by atoms with van der Waals surface area (Å²) < 4.78 is 7.02. The van der Waals surface area contributed by atoms with Gasteiger partial charge in [0.05, 0.1) is 13.4 Å². The predicted octanol–water partition coefficient (Wildman–Crippen LogP) is 2.58. The van der Waals surface area contributed by atoms with Crippen LogP contribution in [0.25, 0.3) is 11.3 Å². The number of imidazole rings is 1. The quantitative estimate of drug-likeness (QED) is 0.812. The number of aromatic nitrogens is 2. The number of hydrogen-bond acceptors (Lipinski definition) is 3. The van der Waals surface area contributed by atoms with Gasteiger partial charge in [0.25, 0.3) is 0 Å². The van der Waals surface area contributed by atoms with Crippen molar-refractivity contribution < 1.29 is 4.74 Å². The number of ether oxygens (including phenoxy) is 1. The second-order valence-electron chi connectivity index (χ2n) is 4.30. The summed E-state index contributed by atoms with van der Waals surface area (Å²) >= 11 is 0. The maximum absolute atomic E-state index is 9.17. The summed E-state index contributed by atoms with van der Waals surface area (Å²) in [6.45, 7) is 3.98. The zero-order chi connectivity index (χ0) is 13.3. The molecule has 18 heavy (non-hydrogen) atoms. The van der Waals surface area contributed by atoms with Crippen LogP contribution in [0.15, 0.2) is 18.5 Å². The van der Waals surface area contributed by atoms with Gasteiger partial charge in [-0.05, 0) is 37.1 Å². The zero-order valence-electron chi connectivity index (χ0n) is 11.0. The monoisotopic (exact) mass is 241 g/mol. The van der Waals surface area contributed by atoms with Gasteiger partial charge in [-0.3, -0.25) is 0 Å². The first-order valence-corrected chi connectivity index (χ1v) is 5.65. The van der Waals surface area contributed by atoms with E-state index in [-0.39, 0.29) is 0 Å². The minimum Gasteiger partial charge on any atom is -0.496 e. The van der Waals surface area contributed by atoms with Crippen LogP contribution in [-0.2, 0) is 7.05 Å². The SMILES string of the molecule is COc1cc(C)c(-c2ncn(C)c2C#N)cc1C. The Morgan fingerprint density at radius 1 is 1.28 bits per heavy atom. The number of benzene rings is 1. The van der Waals surface area contributed by atoms with E-state index in [2.05, 4.69) is 11.1 Å². The maximum atomic E-state index is 9.17. The van der Waals surface area contributed by atoms with Gasteiger partial charge in [-0.2, -0.15) is 5.26 Å². The third-order valence-electron chi connectivity index (χ3n) is 3.04. The first kappa shape index (κ1) is 12.2. The molecule has 2 aromatic rings. The van der Waals surface area contributed by atoms with Gasteiger partial charge in [0.2, 0.25) is 0 Å². The Bertz CT molecular complexity index is 635. The van der Waals surface area contributed by atoms with Crippen LogP contribution in [0, 0.1) is 25.2 Å². The number of nitriles is 1. The van der Waals surface area contributed by atoms with Crippen molar-refractivity contribution in [3.63, 3.8) is 0 Å². The van der Waals surface area contributed by atoms with E-state index in [1.807, 2.05) is 33.0 Å². The molecule has 1 heterocycles. The van der Waals surface area contributed by atoms with E-state index in [1.165, 1.54) is 0 Å². The fourth-order valence-corrected chi connectivity index (χ4v) is 2.02. The Hall–Kier alpha value is -2.28. The topological polar surface area (TPSA) is 50.8 Å². The van der Waals surface area contributed by atoms with E-state index in [4.69, 9.17) is 4.74 Å². The molecule has 0 aliphatic heterocycles. The Labute approximate surface area is 106 Å². The smallest absolute Gasteiger partial charge is 0.147 e. The molecule has 2 rings (SSSR count). The number of nitrogens with zero attached hydrogens (tertiary/aromatic N) is 3. The van der Waals surface area contributed by atoms with Gasteiger partial charge in [-0.15, -0.1) is 0 Å². The summed E-state index contributed by atoms with van der Waals surface area (Å²) in [6, 6.07) is 6.17. The van der Waals surface area contributed by atoms with Gasteiger partial charge in [0.1, 0.15) is 23.2 Å². The number of aryl methyl sites for hydroxylation is 3. The molecule has 1 aromatic carbocycles. The Kier molecular flexibility index (Phi) is 3.07. The fraction of sp³-hybridized carbons (Fsp3) is 0.286. The maximum Gasteiger partial charge on any atom is 0.147 e. The Balaban J connectivity index is 2.65. The predicted molar refractivity (Wildman–Crippen MR) is 69.4 cm³/mol. The van der Waals surface area contributed by atoms with Crippen LogP contribution < -0.4 is 4.74 Å². The highest BCUT2D eigenvalue weighted by Crippen LogP contribution is 2.30. The van der Waals surface area contributed by atoms with Gasteiger partial charge in [-0.1, -0.05) is 0 Å². The largest absolute Gasteiger partial charge is 0.496 e. The minimum absolute atomic E-state index is 0.572. The van der Waals surface area contributed by atoms with Gasteiger partial charge in [-0.25, -0.2) is 4.98 Å². The van der Waals surface area contributed by atoms with E-state index < -0.39 is 0 Å². The average Bonchev–Trinajstić information content (AvgIpc) is 2.72. The summed E-state index contributed by atoms with van der Waals surface area (Å²) in [4.78, 5) is 4.31. The standard InChI is InChI=1S/C14H15N3O/c1-9-6-13(18-4)10(2)5-11(9)14-12(7-15)17(3)8-16-14/h5-6,8H,1-4H3. The second kappa shape index (κ2) is 4.53. The summed E-state index contributed by atoms with van der Waals surface area (Å²) in [7, 11) is 3.48. The molecule has 92 valence electrons. The lowest BCUT2D eigenvalue weighted by atomic mass is 10.0. The van der Waals surface area contributed by atoms with Crippen molar-refractivity contribution in [1.29, 1.82) is 5.26 Å². The zero-order valence-corrected chi connectivity index (χ0v) is 11.0. The molecular formula is C14H15N3O. The lowest BCUT2D eigenvalue weighted by Gasteiger charge is -2.10. The Morgan fingerprint density at radius 2 is 2.00 bits per heavy atom. The van der Waals surface area contributed by atoms with Crippen LogP contribution in [-0.4, -0.2) is 16.7 Å². The van der Waals surface area contributed by atoms with E-state index in [0.29, 0.717) is 5.69 Å². The van der Waals surface area contributed by atoms with Crippen molar-refractivity contribution in [1.82, 2.24) is 9.55 Å². The van der Waals surface area contributed by atoms with Crippen molar-refractivity contribution >= 4 is 0 Å². The van der Waals surface area contributed by atoms with Crippen LogP contribution >= 0.6 is 0 Å². The summed E-state index contributed by atoms with van der Waals surface area (Å²) in [5.74, 6) is 0.852. The van der Waals surface area contributed by atoms with Crippen LogP contribution in [0.1, 0.15) is 16.8 Å². The fourth-order valence-electron chi connectivity index (χ4n) is 2.02. The van der Waals surface area contributed by atoms with Crippen LogP contribution in [0.5, 0.6) is 5.75 Å². The first-order chi connectivity index (χ1) is 8.58. The normalized spacial score (nSPS) is 10.2. The van der Waals surface area contributed by atoms with E-state index in [1.54, 1.807) is 18.0 Å². The third kappa shape index (κ3) is 1.84. The summed E-state index contributed by atoms with van der Waals surface area (Å²) in [5.41, 5.74) is 4.36. The lowest BCUT2D eigenvalue weighted by Crippen LogP contribution is -1.94. The van der Waals surface area contributed by atoms with E-state index in [9.17, 15) is 5.26 Å². The Morgan fingerprint density at radius 3 is 2.61 bits per heavy atom. The first-order valence-electron chi connectivity index (χ1n) is 5.65. The molecule has 0 saturated carbocycles. The van der Waals surface area contributed by atoms with Gasteiger partial charge in [0.15, 0.2) is 0 Å². The number of hydrogen-bond donors (Lipinski definition) is 0. The molecule has 0 atom stereocenters. The molecule has 0 unspecified atom stereocenters. The number of rotatable bonds is 2. The minimum atomic E-state index is 0.572. The van der Waals surface area contributed by atoms with Crippen molar-refractivity contribution in [3.05, 3.63) is 35.3 Å². The highest BCUT2D eigenvalue weighted by molar-refractivity contribution is 5.70. The molecule has 1 aromatic heterocycles. The van der Waals surface area contributed by atoms with Crippen molar-refractivity contribution in [3.8, 4) is 23.1 Å². The highest BCUT2D eigenvalue weighted by Gasteiger charge is 2.14. The second-order valence-corrected chi connectivity index (χ2v) is 4.30. The molecule has 0 N–H and O–H groups in total. The molecule has 4 nitrogen and oxygen atoms in total. The van der Waals surface area contributed by atoms with Gasteiger partial charge >= 0.3 is 0 Å².